The Morgan fingerprint density at radius 1 is 0.667 bits per heavy atom. The van der Waals surface area contributed by atoms with Crippen LogP contribution in [0.4, 0.5) is 5.69 Å². The number of rotatable bonds is 4. The first-order valence-electron chi connectivity index (χ1n) is 15.5. The molecule has 0 bridgehead atoms. The van der Waals surface area contributed by atoms with E-state index in [2.05, 4.69) is 139 Å². The lowest BCUT2D eigenvalue weighted by Crippen LogP contribution is -2.57. The largest absolute Gasteiger partial charge is 0.458 e. The Labute approximate surface area is 252 Å². The van der Waals surface area contributed by atoms with E-state index in [1.54, 1.807) is 0 Å². The molecule has 0 unspecified atom stereocenters. The molecule has 0 saturated carbocycles. The summed E-state index contributed by atoms with van der Waals surface area (Å²) >= 11 is 0. The van der Waals surface area contributed by atoms with Gasteiger partial charge < -0.3 is 14.4 Å². The fraction of sp³-hybridized carbons (Fsp3) is 0.342. The van der Waals surface area contributed by atoms with Gasteiger partial charge in [0, 0.05) is 16.7 Å². The second-order valence-electron chi connectivity index (χ2n) is 14.3. The monoisotopic (exact) mass is 554 g/mol. The van der Waals surface area contributed by atoms with E-state index in [1.165, 1.54) is 39.3 Å². The van der Waals surface area contributed by atoms with E-state index >= 15 is 0 Å². The standard InChI is InChI=1S/C38H41BNO2/c1-23(2)26-14-13-15-27(24(3)4)35(26)40-36(37(5,6)22-38(40,7)8)25-20-32-34-33(21-25)42-31-19-12-10-17-29(31)39(34)28-16-9-11-18-30(28)41-32/h9-21,23-24H,22H2,1-8H3. The van der Waals surface area contributed by atoms with Crippen molar-refractivity contribution in [2.45, 2.75) is 79.2 Å². The van der Waals surface area contributed by atoms with Crippen molar-refractivity contribution in [1.29, 1.82) is 0 Å². The lowest BCUT2D eigenvalue weighted by molar-refractivity contribution is 0.376. The van der Waals surface area contributed by atoms with Gasteiger partial charge in [0.2, 0.25) is 0 Å². The Morgan fingerprint density at radius 2 is 1.17 bits per heavy atom. The molecule has 3 aliphatic heterocycles. The van der Waals surface area contributed by atoms with Crippen LogP contribution in [0.3, 0.4) is 0 Å². The van der Waals surface area contributed by atoms with Crippen molar-refractivity contribution in [3.05, 3.63) is 102 Å². The molecule has 1 fully saturated rings. The highest BCUT2D eigenvalue weighted by molar-refractivity contribution is 6.98. The molecular weight excluding hydrogens is 513 g/mol. The zero-order chi connectivity index (χ0) is 29.6. The summed E-state index contributed by atoms with van der Waals surface area (Å²) in [5, 5.41) is 0. The molecule has 4 aromatic rings. The number of hydrogen-bond acceptors (Lipinski definition) is 3. The molecule has 0 atom stereocenters. The molecule has 0 N–H and O–H groups in total. The number of anilines is 1. The van der Waals surface area contributed by atoms with Crippen LogP contribution in [0.5, 0.6) is 23.0 Å². The number of para-hydroxylation sites is 3. The number of ether oxygens (including phenoxy) is 2. The third kappa shape index (κ3) is 4.01. The summed E-state index contributed by atoms with van der Waals surface area (Å²) in [7, 11) is 0. The van der Waals surface area contributed by atoms with Crippen LogP contribution in [-0.2, 0) is 0 Å². The highest BCUT2D eigenvalue weighted by atomic mass is 16.5. The quantitative estimate of drug-likeness (QED) is 0.205. The first-order chi connectivity index (χ1) is 20.0. The van der Waals surface area contributed by atoms with E-state index in [4.69, 9.17) is 9.47 Å². The van der Waals surface area contributed by atoms with Crippen molar-refractivity contribution in [1.82, 2.24) is 0 Å². The van der Waals surface area contributed by atoms with Gasteiger partial charge in [0.1, 0.15) is 23.0 Å². The first kappa shape index (κ1) is 27.2. The molecule has 4 aromatic carbocycles. The number of benzene rings is 4. The minimum absolute atomic E-state index is 0.0681. The maximum absolute atomic E-state index is 6.71. The van der Waals surface area contributed by atoms with Crippen LogP contribution >= 0.6 is 0 Å². The second kappa shape index (κ2) is 9.43. The summed E-state index contributed by atoms with van der Waals surface area (Å²) in [4.78, 5) is 2.68. The predicted molar refractivity (Wildman–Crippen MR) is 176 cm³/mol. The van der Waals surface area contributed by atoms with Crippen molar-refractivity contribution in [2.75, 3.05) is 4.90 Å². The Bertz CT molecular complexity index is 1600. The van der Waals surface area contributed by atoms with Crippen molar-refractivity contribution in [3.63, 3.8) is 0 Å². The Balaban J connectivity index is 1.47. The normalized spacial score (nSPS) is 18.0. The van der Waals surface area contributed by atoms with Crippen LogP contribution in [0.1, 0.15) is 90.3 Å². The van der Waals surface area contributed by atoms with Gasteiger partial charge >= 0.3 is 0 Å². The van der Waals surface area contributed by atoms with Gasteiger partial charge in [-0.1, -0.05) is 96.1 Å². The molecule has 3 nitrogen and oxygen atoms in total. The molecule has 0 aromatic heterocycles. The van der Waals surface area contributed by atoms with E-state index in [0.717, 1.165) is 34.9 Å². The van der Waals surface area contributed by atoms with Gasteiger partial charge in [0.05, 0.1) is 6.04 Å². The highest BCUT2D eigenvalue weighted by Gasteiger charge is 2.54. The summed E-state index contributed by atoms with van der Waals surface area (Å²) in [5.41, 5.74) is 8.71. The smallest absolute Gasteiger partial charge is 0.260 e. The molecule has 1 saturated heterocycles. The minimum atomic E-state index is -0.0793. The molecule has 0 amide bonds. The van der Waals surface area contributed by atoms with E-state index < -0.39 is 0 Å². The van der Waals surface area contributed by atoms with Gasteiger partial charge in [0.25, 0.3) is 6.71 Å². The molecule has 0 aliphatic carbocycles. The third-order valence-corrected chi connectivity index (χ3v) is 9.48. The van der Waals surface area contributed by atoms with Crippen molar-refractivity contribution in [3.8, 4) is 23.0 Å². The fourth-order valence-corrected chi connectivity index (χ4v) is 8.08. The van der Waals surface area contributed by atoms with Crippen LogP contribution in [0.2, 0.25) is 0 Å². The Kier molecular flexibility index (Phi) is 6.10. The summed E-state index contributed by atoms with van der Waals surface area (Å²) < 4.78 is 13.4. The van der Waals surface area contributed by atoms with Crippen LogP contribution < -0.4 is 30.8 Å². The second-order valence-corrected chi connectivity index (χ2v) is 14.3. The lowest BCUT2D eigenvalue weighted by atomic mass is 9.35. The molecule has 4 heteroatoms. The van der Waals surface area contributed by atoms with Gasteiger partial charge in [0.15, 0.2) is 0 Å². The van der Waals surface area contributed by atoms with Gasteiger partial charge in [-0.05, 0) is 89.4 Å². The van der Waals surface area contributed by atoms with Crippen LogP contribution in [0, 0.1) is 11.5 Å². The molecular formula is C38H41BNO2. The van der Waals surface area contributed by atoms with E-state index in [-0.39, 0.29) is 17.7 Å². The predicted octanol–water partition coefficient (Wildman–Crippen LogP) is 8.26. The molecule has 0 spiro atoms. The summed E-state index contributed by atoms with van der Waals surface area (Å²) in [6.07, 6.45) is 1.04. The first-order valence-corrected chi connectivity index (χ1v) is 15.5. The van der Waals surface area contributed by atoms with Crippen LogP contribution in [0.25, 0.3) is 0 Å². The number of nitrogens with zero attached hydrogens (tertiary/aromatic N) is 1. The minimum Gasteiger partial charge on any atom is -0.458 e. The molecule has 3 heterocycles. The molecule has 42 heavy (non-hydrogen) atoms. The Morgan fingerprint density at radius 3 is 1.67 bits per heavy atom. The zero-order valence-corrected chi connectivity index (χ0v) is 26.2. The molecule has 213 valence electrons. The third-order valence-electron chi connectivity index (χ3n) is 9.48. The topological polar surface area (TPSA) is 21.7 Å². The summed E-state index contributed by atoms with van der Waals surface area (Å²) in [6.45, 7) is 19.0. The van der Waals surface area contributed by atoms with E-state index in [9.17, 15) is 0 Å². The summed E-state index contributed by atoms with van der Waals surface area (Å²) in [6, 6.07) is 29.7. The number of fused-ring (bicyclic) bond motifs is 4. The maximum Gasteiger partial charge on any atom is 0.260 e. The SMILES string of the molecule is CC(C)c1cccc(C(C)C)c1N1[C](c2cc3c4c(c2)Oc2ccccc2B4c2ccccc2O3)C(C)(C)CC1(C)C. The Hall–Kier alpha value is -3.66. The van der Waals surface area contributed by atoms with Crippen molar-refractivity contribution >= 4 is 28.8 Å². The van der Waals surface area contributed by atoms with Crippen LogP contribution in [-0.4, -0.2) is 12.3 Å². The average Bonchev–Trinajstić information content (AvgIpc) is 3.14. The van der Waals surface area contributed by atoms with E-state index in [1.807, 2.05) is 0 Å². The van der Waals surface area contributed by atoms with Gasteiger partial charge in [-0.2, -0.15) is 0 Å². The maximum atomic E-state index is 6.71. The van der Waals surface area contributed by atoms with Crippen molar-refractivity contribution < 1.29 is 9.47 Å². The van der Waals surface area contributed by atoms with E-state index in [0.29, 0.717) is 11.8 Å². The van der Waals surface area contributed by atoms with Gasteiger partial charge in [-0.25, -0.2) is 0 Å². The number of hydrogen-bond donors (Lipinski definition) is 0. The van der Waals surface area contributed by atoms with Gasteiger partial charge in [-0.15, -0.1) is 0 Å². The lowest BCUT2D eigenvalue weighted by Gasteiger charge is -2.43. The molecule has 1 radical (unpaired) electrons. The zero-order valence-electron chi connectivity index (χ0n) is 26.2. The van der Waals surface area contributed by atoms with Gasteiger partial charge in [-0.3, -0.25) is 0 Å². The fourth-order valence-electron chi connectivity index (χ4n) is 8.08. The highest BCUT2D eigenvalue weighted by Crippen LogP contribution is 2.58. The van der Waals surface area contributed by atoms with Crippen molar-refractivity contribution in [2.24, 2.45) is 5.41 Å². The molecule has 7 rings (SSSR count). The summed E-state index contributed by atoms with van der Waals surface area (Å²) in [5.74, 6) is 4.46. The molecule has 3 aliphatic rings. The average molecular weight is 555 g/mol. The van der Waals surface area contributed by atoms with Crippen LogP contribution in [0.15, 0.2) is 78.9 Å².